The predicted octanol–water partition coefficient (Wildman–Crippen LogP) is -0.524. The van der Waals surface area contributed by atoms with Crippen LogP contribution in [0.3, 0.4) is 0 Å². The Morgan fingerprint density at radius 1 is 1.44 bits per heavy atom. The van der Waals surface area contributed by atoms with Crippen LogP contribution >= 0.6 is 0 Å². The molecule has 2 aliphatic rings. The Labute approximate surface area is 95.5 Å². The minimum Gasteiger partial charge on any atom is -0.394 e. The van der Waals surface area contributed by atoms with E-state index in [1.54, 1.807) is 4.90 Å². The van der Waals surface area contributed by atoms with Crippen molar-refractivity contribution in [3.8, 4) is 0 Å². The number of rotatable bonds is 3. The minimum absolute atomic E-state index is 0.00646. The van der Waals surface area contributed by atoms with Crippen LogP contribution in [0.25, 0.3) is 0 Å². The van der Waals surface area contributed by atoms with Gasteiger partial charge in [0.2, 0.25) is 0 Å². The average molecular weight is 228 g/mol. The van der Waals surface area contributed by atoms with Crippen LogP contribution in [0.1, 0.15) is 25.7 Å². The molecule has 1 amide bonds. The first kappa shape index (κ1) is 11.8. The van der Waals surface area contributed by atoms with Crippen molar-refractivity contribution in [3.63, 3.8) is 0 Å². The Balaban J connectivity index is 1.92. The van der Waals surface area contributed by atoms with E-state index in [9.17, 15) is 9.90 Å². The molecule has 2 saturated heterocycles. The van der Waals surface area contributed by atoms with Gasteiger partial charge in [0.25, 0.3) is 5.91 Å². The largest absolute Gasteiger partial charge is 0.394 e. The van der Waals surface area contributed by atoms with Gasteiger partial charge >= 0.3 is 0 Å². The Bertz CT molecular complexity index is 260. The number of carbonyl (C=O) groups excluding carboxylic acids is 1. The van der Waals surface area contributed by atoms with Crippen LogP contribution in [-0.2, 0) is 9.53 Å². The molecule has 0 aromatic heterocycles. The van der Waals surface area contributed by atoms with Gasteiger partial charge in [-0.25, -0.2) is 0 Å². The molecule has 92 valence electrons. The normalized spacial score (nSPS) is 34.6. The number of likely N-dealkylation sites (tertiary alicyclic amines) is 1. The molecule has 16 heavy (non-hydrogen) atoms. The van der Waals surface area contributed by atoms with Crippen molar-refractivity contribution in [2.24, 2.45) is 5.73 Å². The summed E-state index contributed by atoms with van der Waals surface area (Å²) in [4.78, 5) is 13.9. The van der Waals surface area contributed by atoms with Crippen LogP contribution in [-0.4, -0.2) is 53.9 Å². The fourth-order valence-corrected chi connectivity index (χ4v) is 2.56. The maximum absolute atomic E-state index is 12.1. The van der Waals surface area contributed by atoms with Gasteiger partial charge in [-0.2, -0.15) is 0 Å². The summed E-state index contributed by atoms with van der Waals surface area (Å²) in [5.41, 5.74) is 5.51. The number of ether oxygens (including phenoxy) is 1. The molecule has 0 radical (unpaired) electrons. The predicted molar refractivity (Wildman–Crippen MR) is 58.8 cm³/mol. The summed E-state index contributed by atoms with van der Waals surface area (Å²) in [6.45, 7) is 1.28. The lowest BCUT2D eigenvalue weighted by Crippen LogP contribution is -2.43. The van der Waals surface area contributed by atoms with Crippen molar-refractivity contribution in [1.29, 1.82) is 0 Å². The number of hydrogen-bond acceptors (Lipinski definition) is 4. The lowest BCUT2D eigenvalue weighted by Gasteiger charge is -2.26. The van der Waals surface area contributed by atoms with E-state index in [0.717, 1.165) is 32.2 Å². The molecule has 0 aromatic carbocycles. The zero-order valence-electron chi connectivity index (χ0n) is 9.47. The molecule has 0 aromatic rings. The van der Waals surface area contributed by atoms with Gasteiger partial charge in [0.1, 0.15) is 6.10 Å². The molecular formula is C11H20N2O3. The van der Waals surface area contributed by atoms with Crippen molar-refractivity contribution < 1.29 is 14.6 Å². The van der Waals surface area contributed by atoms with Gasteiger partial charge in [0, 0.05) is 13.1 Å². The number of hydrogen-bond donors (Lipinski definition) is 2. The molecular weight excluding hydrogens is 208 g/mol. The first-order valence-electron chi connectivity index (χ1n) is 6.03. The molecule has 2 fully saturated rings. The lowest BCUT2D eigenvalue weighted by molar-refractivity contribution is -0.144. The number of aliphatic hydroxyl groups excluding tert-OH is 1. The van der Waals surface area contributed by atoms with Gasteiger partial charge in [-0.3, -0.25) is 4.79 Å². The maximum atomic E-state index is 12.1. The molecule has 2 aliphatic heterocycles. The summed E-state index contributed by atoms with van der Waals surface area (Å²) in [5.74, 6) is 0.0347. The molecule has 2 rings (SSSR count). The van der Waals surface area contributed by atoms with Gasteiger partial charge in [-0.1, -0.05) is 0 Å². The highest BCUT2D eigenvalue weighted by molar-refractivity contribution is 5.81. The smallest absolute Gasteiger partial charge is 0.252 e. The number of amides is 1. The molecule has 3 atom stereocenters. The first-order chi connectivity index (χ1) is 7.76. The number of nitrogens with two attached hydrogens (primary N) is 1. The second-order valence-corrected chi connectivity index (χ2v) is 4.57. The van der Waals surface area contributed by atoms with Crippen LogP contribution in [0.15, 0.2) is 0 Å². The molecule has 2 heterocycles. The van der Waals surface area contributed by atoms with Crippen molar-refractivity contribution in [3.05, 3.63) is 0 Å². The third-order valence-electron chi connectivity index (χ3n) is 3.52. The van der Waals surface area contributed by atoms with E-state index < -0.39 is 0 Å². The van der Waals surface area contributed by atoms with Crippen molar-refractivity contribution >= 4 is 5.91 Å². The van der Waals surface area contributed by atoms with Crippen LogP contribution in [0.2, 0.25) is 0 Å². The van der Waals surface area contributed by atoms with Crippen LogP contribution in [0.4, 0.5) is 0 Å². The average Bonchev–Trinajstić information content (AvgIpc) is 2.96. The van der Waals surface area contributed by atoms with Gasteiger partial charge in [0.15, 0.2) is 0 Å². The summed E-state index contributed by atoms with van der Waals surface area (Å²) in [6, 6.07) is -0.00646. The highest BCUT2D eigenvalue weighted by Crippen LogP contribution is 2.24. The van der Waals surface area contributed by atoms with E-state index in [1.165, 1.54) is 0 Å². The third kappa shape index (κ3) is 2.21. The fourth-order valence-electron chi connectivity index (χ4n) is 2.56. The third-order valence-corrected chi connectivity index (χ3v) is 3.52. The monoisotopic (exact) mass is 228 g/mol. The quantitative estimate of drug-likeness (QED) is 0.681. The fraction of sp³-hybridized carbons (Fsp3) is 0.909. The lowest BCUT2D eigenvalue weighted by atomic mass is 10.1. The SMILES string of the molecule is NCC1CCC(C(=O)N2CCCC2CO)O1. The Morgan fingerprint density at radius 2 is 2.25 bits per heavy atom. The molecule has 5 heteroatoms. The van der Waals surface area contributed by atoms with E-state index in [0.29, 0.717) is 6.54 Å². The summed E-state index contributed by atoms with van der Waals surface area (Å²) < 4.78 is 5.58. The minimum atomic E-state index is -0.333. The van der Waals surface area contributed by atoms with Crippen molar-refractivity contribution in [2.45, 2.75) is 43.9 Å². The molecule has 5 nitrogen and oxygen atoms in total. The number of aliphatic hydroxyl groups is 1. The zero-order valence-corrected chi connectivity index (χ0v) is 9.47. The van der Waals surface area contributed by atoms with E-state index in [1.807, 2.05) is 0 Å². The Hall–Kier alpha value is -0.650. The second kappa shape index (κ2) is 5.12. The molecule has 0 bridgehead atoms. The molecule has 0 saturated carbocycles. The first-order valence-corrected chi connectivity index (χ1v) is 6.03. The summed E-state index contributed by atoms with van der Waals surface area (Å²) in [7, 11) is 0. The molecule has 0 aliphatic carbocycles. The number of carbonyl (C=O) groups is 1. The van der Waals surface area contributed by atoms with E-state index in [-0.39, 0.29) is 30.8 Å². The van der Waals surface area contributed by atoms with Gasteiger partial charge in [-0.15, -0.1) is 0 Å². The molecule has 3 unspecified atom stereocenters. The standard InChI is InChI=1S/C11H20N2O3/c12-6-9-3-4-10(16-9)11(15)13-5-1-2-8(13)7-14/h8-10,14H,1-7,12H2. The molecule has 3 N–H and O–H groups in total. The maximum Gasteiger partial charge on any atom is 0.252 e. The Kier molecular flexibility index (Phi) is 3.78. The van der Waals surface area contributed by atoms with E-state index >= 15 is 0 Å². The van der Waals surface area contributed by atoms with Crippen molar-refractivity contribution in [1.82, 2.24) is 4.90 Å². The van der Waals surface area contributed by atoms with E-state index in [2.05, 4.69) is 0 Å². The highest BCUT2D eigenvalue weighted by atomic mass is 16.5. The van der Waals surface area contributed by atoms with Gasteiger partial charge in [-0.05, 0) is 25.7 Å². The zero-order chi connectivity index (χ0) is 11.5. The summed E-state index contributed by atoms with van der Waals surface area (Å²) in [6.07, 6.45) is 3.20. The van der Waals surface area contributed by atoms with Crippen LogP contribution in [0, 0.1) is 0 Å². The summed E-state index contributed by atoms with van der Waals surface area (Å²) in [5, 5.41) is 9.17. The highest BCUT2D eigenvalue weighted by Gasteiger charge is 2.37. The number of nitrogens with zero attached hydrogens (tertiary/aromatic N) is 1. The van der Waals surface area contributed by atoms with Crippen LogP contribution in [0.5, 0.6) is 0 Å². The van der Waals surface area contributed by atoms with Gasteiger partial charge in [0.05, 0.1) is 18.8 Å². The van der Waals surface area contributed by atoms with E-state index in [4.69, 9.17) is 10.5 Å². The van der Waals surface area contributed by atoms with Crippen molar-refractivity contribution in [2.75, 3.05) is 19.7 Å². The molecule has 0 spiro atoms. The van der Waals surface area contributed by atoms with Gasteiger partial charge < -0.3 is 20.5 Å². The topological polar surface area (TPSA) is 75.8 Å². The Morgan fingerprint density at radius 3 is 2.88 bits per heavy atom. The summed E-state index contributed by atoms with van der Waals surface area (Å²) >= 11 is 0. The second-order valence-electron chi connectivity index (χ2n) is 4.57. The van der Waals surface area contributed by atoms with Crippen LogP contribution < -0.4 is 5.73 Å².